The maximum Gasteiger partial charge on any atom is 0.0907 e. The first kappa shape index (κ1) is 8.84. The number of rotatable bonds is 1. The van der Waals surface area contributed by atoms with E-state index in [2.05, 4.69) is 11.1 Å². The number of nitrogens with two attached hydrogens (primary N) is 1. The molecule has 1 aromatic heterocycles. The third-order valence-electron chi connectivity index (χ3n) is 1.85. The molecular formula is C9H10N2S2. The predicted molar refractivity (Wildman–Crippen MR) is 60.6 cm³/mol. The van der Waals surface area contributed by atoms with Crippen LogP contribution in [0, 0.1) is 6.92 Å². The molecule has 0 amide bonds. The molecule has 0 saturated heterocycles. The molecule has 0 spiro atoms. The Hall–Kier alpha value is -0.740. The summed E-state index contributed by atoms with van der Waals surface area (Å²) in [5.74, 6) is 0. The van der Waals surface area contributed by atoms with E-state index in [4.69, 9.17) is 5.73 Å². The summed E-state index contributed by atoms with van der Waals surface area (Å²) in [6.45, 7) is 2.01. The highest BCUT2D eigenvalue weighted by Crippen LogP contribution is 2.30. The van der Waals surface area contributed by atoms with E-state index in [-0.39, 0.29) is 0 Å². The molecule has 0 aliphatic carbocycles. The maximum absolute atomic E-state index is 5.86. The number of hydrogen-bond acceptors (Lipinski definition) is 4. The van der Waals surface area contributed by atoms with Crippen LogP contribution in [0.25, 0.3) is 10.2 Å². The van der Waals surface area contributed by atoms with Gasteiger partial charge in [-0.1, -0.05) is 0 Å². The molecule has 1 aromatic carbocycles. The van der Waals surface area contributed by atoms with E-state index in [1.54, 1.807) is 23.1 Å². The summed E-state index contributed by atoms with van der Waals surface area (Å²) in [4.78, 5) is 5.52. The fourth-order valence-electron chi connectivity index (χ4n) is 1.26. The van der Waals surface area contributed by atoms with Gasteiger partial charge in [0.1, 0.15) is 0 Å². The van der Waals surface area contributed by atoms with Crippen LogP contribution in [0.2, 0.25) is 0 Å². The summed E-state index contributed by atoms with van der Waals surface area (Å²) in [6.07, 6.45) is 2.02. The number of nitrogen functional groups attached to an aromatic ring is 1. The van der Waals surface area contributed by atoms with Crippen molar-refractivity contribution in [3.8, 4) is 0 Å². The fourth-order valence-corrected chi connectivity index (χ4v) is 2.64. The van der Waals surface area contributed by atoms with Gasteiger partial charge in [-0.25, -0.2) is 4.98 Å². The Morgan fingerprint density at radius 1 is 1.46 bits per heavy atom. The van der Waals surface area contributed by atoms with Crippen LogP contribution in [0.15, 0.2) is 17.0 Å². The number of nitrogens with zero attached hydrogens (tertiary/aromatic N) is 1. The largest absolute Gasteiger partial charge is 0.398 e. The van der Waals surface area contributed by atoms with Crippen molar-refractivity contribution in [1.29, 1.82) is 0 Å². The minimum Gasteiger partial charge on any atom is -0.398 e. The molecule has 0 unspecified atom stereocenters. The van der Waals surface area contributed by atoms with Gasteiger partial charge >= 0.3 is 0 Å². The molecule has 2 N–H and O–H groups in total. The van der Waals surface area contributed by atoms with E-state index < -0.39 is 0 Å². The van der Waals surface area contributed by atoms with E-state index in [9.17, 15) is 0 Å². The van der Waals surface area contributed by atoms with Crippen molar-refractivity contribution in [2.45, 2.75) is 11.8 Å². The first-order valence-electron chi connectivity index (χ1n) is 3.91. The van der Waals surface area contributed by atoms with Crippen molar-refractivity contribution in [2.24, 2.45) is 0 Å². The molecule has 2 rings (SSSR count). The molecule has 0 aliphatic heterocycles. The summed E-state index contributed by atoms with van der Waals surface area (Å²) >= 11 is 3.34. The van der Waals surface area contributed by atoms with Gasteiger partial charge in [0.15, 0.2) is 0 Å². The molecule has 1 heterocycles. The first-order valence-corrected chi connectivity index (χ1v) is 5.95. The average Bonchev–Trinajstić information content (AvgIpc) is 2.42. The van der Waals surface area contributed by atoms with Crippen LogP contribution in [0.3, 0.4) is 0 Å². The third kappa shape index (κ3) is 1.51. The number of thiazole rings is 1. The molecule has 4 heteroatoms. The van der Waals surface area contributed by atoms with E-state index in [1.165, 1.54) is 4.70 Å². The Balaban J connectivity index is 2.72. The monoisotopic (exact) mass is 210 g/mol. The van der Waals surface area contributed by atoms with Gasteiger partial charge in [-0.2, -0.15) is 0 Å². The number of hydrogen-bond donors (Lipinski definition) is 1. The van der Waals surface area contributed by atoms with Crippen LogP contribution in [0.4, 0.5) is 5.69 Å². The smallest absolute Gasteiger partial charge is 0.0907 e. The van der Waals surface area contributed by atoms with E-state index >= 15 is 0 Å². The summed E-state index contributed by atoms with van der Waals surface area (Å²) in [5, 5.41) is 1.09. The number of aromatic nitrogens is 1. The Labute approximate surface area is 85.2 Å². The van der Waals surface area contributed by atoms with Crippen molar-refractivity contribution >= 4 is 39.0 Å². The predicted octanol–water partition coefficient (Wildman–Crippen LogP) is 2.91. The highest BCUT2D eigenvalue weighted by Gasteiger charge is 2.04. The molecule has 0 radical (unpaired) electrons. The number of thioether (sulfide) groups is 1. The van der Waals surface area contributed by atoms with Gasteiger partial charge in [0.2, 0.25) is 0 Å². The van der Waals surface area contributed by atoms with Crippen LogP contribution in [0.5, 0.6) is 0 Å². The minimum absolute atomic E-state index is 0.851. The second kappa shape index (κ2) is 3.20. The Bertz CT molecular complexity index is 448. The van der Waals surface area contributed by atoms with Gasteiger partial charge < -0.3 is 5.73 Å². The Morgan fingerprint density at radius 2 is 2.23 bits per heavy atom. The zero-order chi connectivity index (χ0) is 9.42. The molecule has 0 aliphatic rings. The van der Waals surface area contributed by atoms with Gasteiger partial charge in [0, 0.05) is 10.6 Å². The second-order valence-corrected chi connectivity index (χ2v) is 4.88. The van der Waals surface area contributed by atoms with Crippen LogP contribution in [-0.2, 0) is 0 Å². The molecule has 0 bridgehead atoms. The van der Waals surface area contributed by atoms with Gasteiger partial charge in [-0.15, -0.1) is 23.1 Å². The quantitative estimate of drug-likeness (QED) is 0.581. The SMILES string of the molecule is CSc1cc2nc(C)sc2cc1N. The zero-order valence-corrected chi connectivity index (χ0v) is 9.13. The lowest BCUT2D eigenvalue weighted by molar-refractivity contribution is 1.33. The van der Waals surface area contributed by atoms with Crippen LogP contribution in [-0.4, -0.2) is 11.2 Å². The highest BCUT2D eigenvalue weighted by molar-refractivity contribution is 7.98. The fraction of sp³-hybridized carbons (Fsp3) is 0.222. The second-order valence-electron chi connectivity index (χ2n) is 2.79. The lowest BCUT2D eigenvalue weighted by Crippen LogP contribution is -1.87. The molecule has 0 saturated carbocycles. The summed E-state index contributed by atoms with van der Waals surface area (Å²) < 4.78 is 1.17. The lowest BCUT2D eigenvalue weighted by Gasteiger charge is -2.00. The van der Waals surface area contributed by atoms with Gasteiger partial charge in [0.25, 0.3) is 0 Å². The van der Waals surface area contributed by atoms with Crippen LogP contribution < -0.4 is 5.73 Å². The van der Waals surface area contributed by atoms with Gasteiger partial charge in [0.05, 0.1) is 15.2 Å². The number of benzene rings is 1. The summed E-state index contributed by atoms with van der Waals surface area (Å²) in [6, 6.07) is 4.06. The van der Waals surface area contributed by atoms with Crippen LogP contribution in [0.1, 0.15) is 5.01 Å². The molecule has 0 atom stereocenters. The Morgan fingerprint density at radius 3 is 2.92 bits per heavy atom. The molecule has 0 fully saturated rings. The van der Waals surface area contributed by atoms with Crippen molar-refractivity contribution in [3.05, 3.63) is 17.1 Å². The minimum atomic E-state index is 0.851. The molecule has 2 aromatic rings. The van der Waals surface area contributed by atoms with Crippen molar-refractivity contribution in [3.63, 3.8) is 0 Å². The number of fused-ring (bicyclic) bond motifs is 1. The summed E-state index contributed by atoms with van der Waals surface area (Å²) in [7, 11) is 0. The zero-order valence-electron chi connectivity index (χ0n) is 7.50. The van der Waals surface area contributed by atoms with Crippen LogP contribution >= 0.6 is 23.1 Å². The average molecular weight is 210 g/mol. The highest BCUT2D eigenvalue weighted by atomic mass is 32.2. The van der Waals surface area contributed by atoms with E-state index in [0.717, 1.165) is 21.1 Å². The maximum atomic E-state index is 5.86. The van der Waals surface area contributed by atoms with E-state index in [0.29, 0.717) is 0 Å². The molecule has 13 heavy (non-hydrogen) atoms. The third-order valence-corrected chi connectivity index (χ3v) is 3.57. The topological polar surface area (TPSA) is 38.9 Å². The lowest BCUT2D eigenvalue weighted by atomic mass is 10.3. The van der Waals surface area contributed by atoms with Crippen molar-refractivity contribution in [1.82, 2.24) is 4.98 Å². The van der Waals surface area contributed by atoms with Gasteiger partial charge in [-0.05, 0) is 25.3 Å². The Kier molecular flexibility index (Phi) is 2.17. The van der Waals surface area contributed by atoms with Gasteiger partial charge in [-0.3, -0.25) is 0 Å². The van der Waals surface area contributed by atoms with Crippen molar-refractivity contribution < 1.29 is 0 Å². The first-order chi connectivity index (χ1) is 6.20. The van der Waals surface area contributed by atoms with E-state index in [1.807, 2.05) is 19.2 Å². The normalized spacial score (nSPS) is 10.9. The standard InChI is InChI=1S/C9H10N2S2/c1-5-11-7-4-8(12-2)6(10)3-9(7)13-5/h3-4H,10H2,1-2H3. The summed E-state index contributed by atoms with van der Waals surface area (Å²) in [5.41, 5.74) is 7.77. The molecule has 2 nitrogen and oxygen atoms in total. The number of aryl methyl sites for hydroxylation is 1. The molecular weight excluding hydrogens is 200 g/mol. The van der Waals surface area contributed by atoms with Crippen molar-refractivity contribution in [2.75, 3.05) is 12.0 Å². The number of anilines is 1. The molecule has 68 valence electrons.